The number of pyridine rings is 1. The minimum atomic E-state index is -0.394. The summed E-state index contributed by atoms with van der Waals surface area (Å²) in [6, 6.07) is 9.65. The van der Waals surface area contributed by atoms with Crippen molar-refractivity contribution in [3.8, 4) is 0 Å². The van der Waals surface area contributed by atoms with E-state index in [0.29, 0.717) is 24.4 Å². The van der Waals surface area contributed by atoms with Crippen LogP contribution in [0.5, 0.6) is 0 Å². The molecular weight excluding hydrogens is 342 g/mol. The molecule has 0 saturated heterocycles. The summed E-state index contributed by atoms with van der Waals surface area (Å²) in [5, 5.41) is 8.58. The Hall–Kier alpha value is -3.48. The summed E-state index contributed by atoms with van der Waals surface area (Å²) in [6.07, 6.45) is 5.03. The number of benzene rings is 1. The predicted octanol–water partition coefficient (Wildman–Crippen LogP) is 3.37. The largest absolute Gasteiger partial charge is 0.462 e. The standard InChI is InChI=1S/C20H19N5O2/c1-3-27-20(26)16-12-23-18-13(2)5-4-6-15(18)19(16)22-11-14-7-9-21-17-8-10-24-25(14)17/h4-10,12H,3,11H2,1-2H3,(H,22,23). The molecule has 1 aromatic carbocycles. The Bertz CT molecular complexity index is 1140. The maximum Gasteiger partial charge on any atom is 0.341 e. The van der Waals surface area contributed by atoms with Crippen molar-refractivity contribution >= 4 is 28.2 Å². The van der Waals surface area contributed by atoms with Gasteiger partial charge in [0.2, 0.25) is 0 Å². The minimum absolute atomic E-state index is 0.308. The van der Waals surface area contributed by atoms with Crippen molar-refractivity contribution in [1.82, 2.24) is 19.6 Å². The van der Waals surface area contributed by atoms with Gasteiger partial charge >= 0.3 is 5.97 Å². The SMILES string of the molecule is CCOC(=O)c1cnc2c(C)cccc2c1NCc1ccnc2ccnn12. The van der Waals surface area contributed by atoms with Crippen molar-refractivity contribution in [3.05, 3.63) is 65.7 Å². The number of aromatic nitrogens is 4. The second kappa shape index (κ2) is 7.03. The number of nitrogens with one attached hydrogen (secondary N) is 1. The van der Waals surface area contributed by atoms with Crippen molar-refractivity contribution < 1.29 is 9.53 Å². The Morgan fingerprint density at radius 2 is 2.07 bits per heavy atom. The highest BCUT2D eigenvalue weighted by molar-refractivity contribution is 6.05. The number of anilines is 1. The lowest BCUT2D eigenvalue weighted by Gasteiger charge is -2.15. The molecule has 3 heterocycles. The topological polar surface area (TPSA) is 81.4 Å². The summed E-state index contributed by atoms with van der Waals surface area (Å²) in [5.74, 6) is -0.394. The van der Waals surface area contributed by atoms with Crippen molar-refractivity contribution in [3.63, 3.8) is 0 Å². The summed E-state index contributed by atoms with van der Waals surface area (Å²) in [6.45, 7) is 4.57. The average molecular weight is 361 g/mol. The van der Waals surface area contributed by atoms with Gasteiger partial charge in [-0.2, -0.15) is 5.10 Å². The summed E-state index contributed by atoms with van der Waals surface area (Å²) in [7, 11) is 0. The van der Waals surface area contributed by atoms with Crippen LogP contribution in [0.2, 0.25) is 0 Å². The molecule has 0 unspecified atom stereocenters. The molecule has 27 heavy (non-hydrogen) atoms. The number of nitrogens with zero attached hydrogens (tertiary/aromatic N) is 4. The van der Waals surface area contributed by atoms with Gasteiger partial charge in [-0.15, -0.1) is 0 Å². The molecule has 0 spiro atoms. The normalized spacial score (nSPS) is 11.0. The van der Waals surface area contributed by atoms with E-state index in [1.807, 2.05) is 37.3 Å². The molecule has 1 N–H and O–H groups in total. The Kier molecular flexibility index (Phi) is 4.42. The van der Waals surface area contributed by atoms with Crippen molar-refractivity contribution in [1.29, 1.82) is 0 Å². The van der Waals surface area contributed by atoms with Crippen molar-refractivity contribution in [2.24, 2.45) is 0 Å². The van der Waals surface area contributed by atoms with Crippen LogP contribution in [0, 0.1) is 6.92 Å². The molecule has 3 aromatic heterocycles. The zero-order valence-electron chi connectivity index (χ0n) is 15.1. The molecule has 0 saturated carbocycles. The third-order valence-corrected chi connectivity index (χ3v) is 4.41. The van der Waals surface area contributed by atoms with Gasteiger partial charge in [-0.3, -0.25) is 4.98 Å². The smallest absolute Gasteiger partial charge is 0.341 e. The number of hydrogen-bond donors (Lipinski definition) is 1. The van der Waals surface area contributed by atoms with Crippen LogP contribution in [0.4, 0.5) is 5.69 Å². The second-order valence-electron chi connectivity index (χ2n) is 6.13. The molecule has 7 heteroatoms. The highest BCUT2D eigenvalue weighted by Crippen LogP contribution is 2.29. The van der Waals surface area contributed by atoms with Gasteiger partial charge in [0, 0.05) is 23.8 Å². The third kappa shape index (κ3) is 3.08. The van der Waals surface area contributed by atoms with Crippen molar-refractivity contribution in [2.45, 2.75) is 20.4 Å². The first-order valence-corrected chi connectivity index (χ1v) is 8.76. The van der Waals surface area contributed by atoms with Crippen molar-refractivity contribution in [2.75, 3.05) is 11.9 Å². The number of fused-ring (bicyclic) bond motifs is 2. The Labute approximate surface area is 156 Å². The van der Waals surface area contributed by atoms with Gasteiger partial charge in [0.05, 0.1) is 36.2 Å². The van der Waals surface area contributed by atoms with Gasteiger partial charge in [0.15, 0.2) is 5.65 Å². The quantitative estimate of drug-likeness (QED) is 0.549. The number of esters is 1. The number of carbonyl (C=O) groups excluding carboxylic acids is 1. The van der Waals surface area contributed by atoms with Gasteiger partial charge in [-0.1, -0.05) is 18.2 Å². The summed E-state index contributed by atoms with van der Waals surface area (Å²) >= 11 is 0. The molecule has 136 valence electrons. The van der Waals surface area contributed by atoms with Crippen LogP contribution >= 0.6 is 0 Å². The van der Waals surface area contributed by atoms with E-state index in [-0.39, 0.29) is 0 Å². The number of para-hydroxylation sites is 1. The van der Waals surface area contributed by atoms with Crippen LogP contribution in [0.1, 0.15) is 28.5 Å². The van der Waals surface area contributed by atoms with E-state index in [1.54, 1.807) is 30.0 Å². The molecule has 0 bridgehead atoms. The fourth-order valence-electron chi connectivity index (χ4n) is 3.12. The van der Waals surface area contributed by atoms with Gasteiger partial charge in [-0.25, -0.2) is 14.3 Å². The summed E-state index contributed by atoms with van der Waals surface area (Å²) in [5.41, 5.74) is 4.73. The maximum absolute atomic E-state index is 12.4. The molecule has 4 rings (SSSR count). The van der Waals surface area contributed by atoms with Crippen LogP contribution in [0.15, 0.2) is 48.9 Å². The first kappa shape index (κ1) is 17.0. The number of hydrogen-bond acceptors (Lipinski definition) is 6. The van der Waals surface area contributed by atoms with E-state index in [4.69, 9.17) is 4.74 Å². The molecule has 7 nitrogen and oxygen atoms in total. The van der Waals surface area contributed by atoms with E-state index >= 15 is 0 Å². The predicted molar refractivity (Wildman–Crippen MR) is 103 cm³/mol. The Morgan fingerprint density at radius 3 is 2.93 bits per heavy atom. The first-order chi connectivity index (χ1) is 13.2. The molecule has 0 aliphatic rings. The highest BCUT2D eigenvalue weighted by atomic mass is 16.5. The maximum atomic E-state index is 12.4. The average Bonchev–Trinajstić information content (AvgIpc) is 3.16. The molecule has 0 amide bonds. The van der Waals surface area contributed by atoms with E-state index < -0.39 is 5.97 Å². The molecule has 0 atom stereocenters. The van der Waals surface area contributed by atoms with Gasteiger partial charge < -0.3 is 10.1 Å². The number of carbonyl (C=O) groups is 1. The lowest BCUT2D eigenvalue weighted by atomic mass is 10.1. The number of aryl methyl sites for hydroxylation is 1. The van der Waals surface area contributed by atoms with E-state index in [2.05, 4.69) is 20.4 Å². The molecular formula is C20H19N5O2. The van der Waals surface area contributed by atoms with E-state index in [9.17, 15) is 4.79 Å². The summed E-state index contributed by atoms with van der Waals surface area (Å²) < 4.78 is 6.98. The fraction of sp³-hybridized carbons (Fsp3) is 0.200. The summed E-state index contributed by atoms with van der Waals surface area (Å²) in [4.78, 5) is 21.2. The van der Waals surface area contributed by atoms with Gasteiger partial charge in [0.25, 0.3) is 0 Å². The van der Waals surface area contributed by atoms with E-state index in [1.165, 1.54) is 0 Å². The molecule has 4 aromatic rings. The lowest BCUT2D eigenvalue weighted by molar-refractivity contribution is 0.0527. The second-order valence-corrected chi connectivity index (χ2v) is 6.13. The molecule has 0 fully saturated rings. The number of rotatable bonds is 5. The third-order valence-electron chi connectivity index (χ3n) is 4.41. The van der Waals surface area contributed by atoms with Crippen LogP contribution in [-0.2, 0) is 11.3 Å². The van der Waals surface area contributed by atoms with Gasteiger partial charge in [-0.05, 0) is 25.5 Å². The molecule has 0 aliphatic carbocycles. The fourth-order valence-corrected chi connectivity index (χ4v) is 3.12. The van der Waals surface area contributed by atoms with Crippen LogP contribution in [0.25, 0.3) is 16.6 Å². The number of ether oxygens (including phenoxy) is 1. The monoisotopic (exact) mass is 361 g/mol. The Morgan fingerprint density at radius 1 is 1.19 bits per heavy atom. The lowest BCUT2D eigenvalue weighted by Crippen LogP contribution is -2.13. The van der Waals surface area contributed by atoms with Crippen LogP contribution in [0.3, 0.4) is 0 Å². The molecule has 0 radical (unpaired) electrons. The first-order valence-electron chi connectivity index (χ1n) is 8.76. The van der Waals surface area contributed by atoms with Gasteiger partial charge in [0.1, 0.15) is 5.56 Å². The Balaban J connectivity index is 1.78. The van der Waals surface area contributed by atoms with Crippen LogP contribution < -0.4 is 5.32 Å². The molecule has 0 aliphatic heterocycles. The van der Waals surface area contributed by atoms with E-state index in [0.717, 1.165) is 27.8 Å². The highest BCUT2D eigenvalue weighted by Gasteiger charge is 2.17. The zero-order chi connectivity index (χ0) is 18.8. The zero-order valence-corrected chi connectivity index (χ0v) is 15.1. The minimum Gasteiger partial charge on any atom is -0.462 e. The van der Waals surface area contributed by atoms with Crippen LogP contribution in [-0.4, -0.2) is 32.2 Å².